The van der Waals surface area contributed by atoms with Gasteiger partial charge in [0, 0.05) is 50.8 Å². The second-order valence-corrected chi connectivity index (χ2v) is 13.0. The van der Waals surface area contributed by atoms with Crippen LogP contribution in [0.5, 0.6) is 5.75 Å². The Bertz CT molecular complexity index is 2200. The number of methoxy groups -OCH3 is 1. The number of aromatic nitrogens is 1. The lowest BCUT2D eigenvalue weighted by molar-refractivity contribution is -0.107. The molecule has 4 N–H and O–H groups in total. The van der Waals surface area contributed by atoms with Crippen LogP contribution in [0.3, 0.4) is 0 Å². The van der Waals surface area contributed by atoms with Crippen LogP contribution in [0.15, 0.2) is 125 Å². The van der Waals surface area contributed by atoms with Crippen molar-refractivity contribution in [1.29, 1.82) is 0 Å². The van der Waals surface area contributed by atoms with Crippen LogP contribution in [-0.4, -0.2) is 30.2 Å². The SMILES string of the molecule is COc1cccc(Nc2c(C(N)=O)cnc3c(C)cc(Sc4cccc(C(=O)Nc5cccc(-c6ccc(CCCC=O)cc6)c5)c4)cc23)c1. The molecule has 1 heterocycles. The number of hydrogen-bond donors (Lipinski definition) is 3. The standard InChI is InChI=1S/C41H36N4O4S/c1-26-20-35(24-36-38(26)43-25-37(40(42)47)39(36)44-32-12-7-13-33(23-32)49-2)50-34-14-6-10-30(22-34)41(48)45-31-11-5-9-29(21-31)28-17-15-27(16-18-28)8-3-4-19-46/h5-7,9-25H,3-4,8H2,1-2H3,(H2,42,47)(H,43,44)(H,45,48). The van der Waals surface area contributed by atoms with Crippen LogP contribution in [0.25, 0.3) is 22.0 Å². The van der Waals surface area contributed by atoms with Gasteiger partial charge in [0.05, 0.1) is 23.9 Å². The van der Waals surface area contributed by atoms with Crippen LogP contribution in [-0.2, 0) is 11.2 Å². The van der Waals surface area contributed by atoms with Crippen LogP contribution >= 0.6 is 11.8 Å². The lowest BCUT2D eigenvalue weighted by Crippen LogP contribution is -2.14. The van der Waals surface area contributed by atoms with Gasteiger partial charge in [-0.2, -0.15) is 0 Å². The quantitative estimate of drug-likeness (QED) is 0.0822. The van der Waals surface area contributed by atoms with Crippen LogP contribution < -0.4 is 21.1 Å². The molecule has 8 nitrogen and oxygen atoms in total. The molecule has 0 saturated heterocycles. The Morgan fingerprint density at radius 2 is 1.64 bits per heavy atom. The largest absolute Gasteiger partial charge is 0.497 e. The number of amides is 2. The number of fused-ring (bicyclic) bond motifs is 1. The smallest absolute Gasteiger partial charge is 0.255 e. The van der Waals surface area contributed by atoms with Crippen molar-refractivity contribution in [2.24, 2.45) is 5.73 Å². The number of ether oxygens (including phenoxy) is 1. The van der Waals surface area contributed by atoms with E-state index in [9.17, 15) is 14.4 Å². The second kappa shape index (κ2) is 15.5. The van der Waals surface area contributed by atoms with Crippen LogP contribution in [0.2, 0.25) is 0 Å². The number of primary amides is 1. The minimum Gasteiger partial charge on any atom is -0.497 e. The first-order valence-electron chi connectivity index (χ1n) is 16.2. The van der Waals surface area contributed by atoms with Gasteiger partial charge in [-0.25, -0.2) is 0 Å². The van der Waals surface area contributed by atoms with E-state index in [0.29, 0.717) is 29.1 Å². The maximum Gasteiger partial charge on any atom is 0.255 e. The highest BCUT2D eigenvalue weighted by Gasteiger charge is 2.17. The number of aldehydes is 1. The molecule has 5 aromatic carbocycles. The van der Waals surface area contributed by atoms with Gasteiger partial charge in [-0.1, -0.05) is 60.3 Å². The molecule has 0 aliphatic heterocycles. The number of pyridine rings is 1. The number of unbranched alkanes of at least 4 members (excludes halogenated alkanes) is 1. The number of anilines is 3. The Morgan fingerprint density at radius 3 is 2.42 bits per heavy atom. The van der Waals surface area contributed by atoms with E-state index in [0.717, 1.165) is 62.2 Å². The molecule has 1 aromatic heterocycles. The molecule has 0 atom stereocenters. The molecule has 0 fully saturated rings. The van der Waals surface area contributed by atoms with Crippen molar-refractivity contribution < 1.29 is 19.1 Å². The van der Waals surface area contributed by atoms with E-state index in [1.165, 1.54) is 23.5 Å². The molecule has 0 radical (unpaired) electrons. The van der Waals surface area contributed by atoms with Gasteiger partial charge >= 0.3 is 0 Å². The fourth-order valence-corrected chi connectivity index (χ4v) is 6.76. The number of aryl methyl sites for hydroxylation is 2. The van der Waals surface area contributed by atoms with E-state index in [1.807, 2.05) is 85.8 Å². The molecule has 0 spiro atoms. The van der Waals surface area contributed by atoms with Crippen LogP contribution in [0.1, 0.15) is 44.7 Å². The predicted octanol–water partition coefficient (Wildman–Crippen LogP) is 8.99. The number of carbonyl (C=O) groups is 3. The monoisotopic (exact) mass is 680 g/mol. The second-order valence-electron chi connectivity index (χ2n) is 11.8. The molecular weight excluding hydrogens is 645 g/mol. The Hall–Kier alpha value is -5.93. The number of carbonyl (C=O) groups excluding carboxylic acids is 3. The fourth-order valence-electron chi connectivity index (χ4n) is 5.74. The van der Waals surface area contributed by atoms with Gasteiger partial charge in [0.1, 0.15) is 12.0 Å². The fraction of sp³-hybridized carbons (Fsp3) is 0.122. The third kappa shape index (κ3) is 8.02. The maximum absolute atomic E-state index is 13.4. The highest BCUT2D eigenvalue weighted by atomic mass is 32.2. The van der Waals surface area contributed by atoms with Gasteiger partial charge in [-0.3, -0.25) is 14.6 Å². The highest BCUT2D eigenvalue weighted by Crippen LogP contribution is 2.37. The molecule has 6 aromatic rings. The number of rotatable bonds is 13. The van der Waals surface area contributed by atoms with E-state index >= 15 is 0 Å². The van der Waals surface area contributed by atoms with E-state index in [4.69, 9.17) is 10.5 Å². The number of nitrogens with zero attached hydrogens (tertiary/aromatic N) is 1. The van der Waals surface area contributed by atoms with Crippen LogP contribution in [0.4, 0.5) is 17.1 Å². The molecule has 0 aliphatic rings. The van der Waals surface area contributed by atoms with Gasteiger partial charge < -0.3 is 25.9 Å². The summed E-state index contributed by atoms with van der Waals surface area (Å²) in [5.74, 6) is -0.137. The highest BCUT2D eigenvalue weighted by molar-refractivity contribution is 7.99. The average Bonchev–Trinajstić information content (AvgIpc) is 3.12. The van der Waals surface area contributed by atoms with Crippen molar-refractivity contribution in [1.82, 2.24) is 4.98 Å². The summed E-state index contributed by atoms with van der Waals surface area (Å²) in [5.41, 5.74) is 13.5. The third-order valence-corrected chi connectivity index (χ3v) is 9.23. The van der Waals surface area contributed by atoms with E-state index in [2.05, 4.69) is 39.9 Å². The minimum absolute atomic E-state index is 0.218. The lowest BCUT2D eigenvalue weighted by atomic mass is 10.0. The van der Waals surface area contributed by atoms with Gasteiger partial charge in [-0.05, 0) is 96.6 Å². The van der Waals surface area contributed by atoms with Crippen molar-refractivity contribution in [2.75, 3.05) is 17.7 Å². The number of nitrogens with one attached hydrogen (secondary N) is 2. The summed E-state index contributed by atoms with van der Waals surface area (Å²) in [5, 5.41) is 7.16. The van der Waals surface area contributed by atoms with E-state index in [1.54, 1.807) is 13.2 Å². The average molecular weight is 681 g/mol. The summed E-state index contributed by atoms with van der Waals surface area (Å²) in [6.07, 6.45) is 4.72. The zero-order chi connectivity index (χ0) is 35.0. The molecule has 0 bridgehead atoms. The maximum atomic E-state index is 13.4. The molecule has 2 amide bonds. The molecule has 0 aliphatic carbocycles. The normalized spacial score (nSPS) is 10.8. The molecule has 50 heavy (non-hydrogen) atoms. The summed E-state index contributed by atoms with van der Waals surface area (Å²) in [4.78, 5) is 42.9. The number of hydrogen-bond acceptors (Lipinski definition) is 7. The van der Waals surface area contributed by atoms with Gasteiger partial charge in [0.15, 0.2) is 0 Å². The van der Waals surface area contributed by atoms with Crippen LogP contribution in [0, 0.1) is 6.92 Å². The summed E-state index contributed by atoms with van der Waals surface area (Å²) in [6.45, 7) is 1.97. The van der Waals surface area contributed by atoms with Gasteiger partial charge in [-0.15, -0.1) is 0 Å². The Morgan fingerprint density at radius 1 is 0.860 bits per heavy atom. The molecular formula is C41H36N4O4S. The van der Waals surface area contributed by atoms with E-state index < -0.39 is 5.91 Å². The first-order chi connectivity index (χ1) is 24.3. The van der Waals surface area contributed by atoms with Crippen molar-refractivity contribution >= 4 is 57.8 Å². The first-order valence-corrected chi connectivity index (χ1v) is 17.0. The number of benzene rings is 5. The van der Waals surface area contributed by atoms with Gasteiger partial charge in [0.2, 0.25) is 0 Å². The zero-order valence-electron chi connectivity index (χ0n) is 27.7. The number of nitrogens with two attached hydrogens (primary N) is 1. The molecule has 250 valence electrons. The topological polar surface area (TPSA) is 123 Å². The molecule has 0 saturated carbocycles. The predicted molar refractivity (Wildman–Crippen MR) is 201 cm³/mol. The minimum atomic E-state index is -0.593. The van der Waals surface area contributed by atoms with E-state index in [-0.39, 0.29) is 11.5 Å². The van der Waals surface area contributed by atoms with Crippen molar-refractivity contribution in [3.63, 3.8) is 0 Å². The molecule has 9 heteroatoms. The molecule has 0 unspecified atom stereocenters. The van der Waals surface area contributed by atoms with Crippen molar-refractivity contribution in [3.8, 4) is 16.9 Å². The first kappa shape index (κ1) is 34.0. The van der Waals surface area contributed by atoms with Crippen molar-refractivity contribution in [2.45, 2.75) is 36.0 Å². The third-order valence-electron chi connectivity index (χ3n) is 8.27. The summed E-state index contributed by atoms with van der Waals surface area (Å²) >= 11 is 1.51. The zero-order valence-corrected chi connectivity index (χ0v) is 28.6. The Labute approximate surface area is 295 Å². The van der Waals surface area contributed by atoms with Crippen molar-refractivity contribution in [3.05, 3.63) is 138 Å². The van der Waals surface area contributed by atoms with Gasteiger partial charge in [0.25, 0.3) is 11.8 Å². The molecule has 6 rings (SSSR count). The summed E-state index contributed by atoms with van der Waals surface area (Å²) in [7, 11) is 1.60. The Kier molecular flexibility index (Phi) is 10.5. The summed E-state index contributed by atoms with van der Waals surface area (Å²) in [6, 6.07) is 35.0. The lowest BCUT2D eigenvalue weighted by Gasteiger charge is -2.16. The summed E-state index contributed by atoms with van der Waals surface area (Å²) < 4.78 is 5.38. The Balaban J connectivity index is 1.22.